The maximum Gasteiger partial charge on any atom is 0.212 e. The summed E-state index contributed by atoms with van der Waals surface area (Å²) in [6.45, 7) is 4.03. The third-order valence-electron chi connectivity index (χ3n) is 2.45. The summed E-state index contributed by atoms with van der Waals surface area (Å²) in [6.07, 6.45) is 1.06. The van der Waals surface area contributed by atoms with Gasteiger partial charge in [-0.05, 0) is 5.92 Å². The summed E-state index contributed by atoms with van der Waals surface area (Å²) >= 11 is 5.34. The average molecular weight is 258 g/mol. The number of sulfonamides is 1. The van der Waals surface area contributed by atoms with E-state index in [0.717, 1.165) is 12.8 Å². The fourth-order valence-electron chi connectivity index (χ4n) is 1.39. The maximum atomic E-state index is 11.2. The topological polar surface area (TPSA) is 66.4 Å². The summed E-state index contributed by atoms with van der Waals surface area (Å²) in [5.41, 5.74) is 0. The Hall–Kier alpha value is 0.160. The van der Waals surface area contributed by atoms with Crippen LogP contribution in [0.1, 0.15) is 26.7 Å². The summed E-state index contributed by atoms with van der Waals surface area (Å²) in [5, 5.41) is 9.68. The Bertz CT molecular complexity index is 252. The van der Waals surface area contributed by atoms with Crippen LogP contribution in [0.4, 0.5) is 0 Å². The second-order valence-corrected chi connectivity index (χ2v) is 5.80. The summed E-state index contributed by atoms with van der Waals surface area (Å²) in [5.74, 6) is 0.101. The Morgan fingerprint density at radius 2 is 1.87 bits per heavy atom. The molecule has 2 N–H and O–H groups in total. The maximum absolute atomic E-state index is 11.2. The third-order valence-corrected chi connectivity index (χ3v) is 4.21. The molecule has 0 fully saturated rings. The first-order valence-electron chi connectivity index (χ1n) is 5.18. The lowest BCUT2D eigenvalue weighted by atomic mass is 9.97. The van der Waals surface area contributed by atoms with E-state index in [0.29, 0.717) is 0 Å². The fraction of sp³-hybridized carbons (Fsp3) is 1.00. The van der Waals surface area contributed by atoms with Gasteiger partial charge in [0.15, 0.2) is 0 Å². The highest BCUT2D eigenvalue weighted by atomic mass is 35.5. The SMILES string of the molecule is CCC(CC)C(O)CNS(=O)(=O)CCCl. The number of hydrogen-bond donors (Lipinski definition) is 2. The van der Waals surface area contributed by atoms with Crippen molar-refractivity contribution < 1.29 is 13.5 Å². The molecule has 0 aliphatic rings. The molecule has 6 heteroatoms. The molecule has 0 amide bonds. The molecule has 0 bridgehead atoms. The van der Waals surface area contributed by atoms with Crippen LogP contribution in [0.2, 0.25) is 0 Å². The quantitative estimate of drug-likeness (QED) is 0.636. The Kier molecular flexibility index (Phi) is 7.52. The lowest BCUT2D eigenvalue weighted by molar-refractivity contribution is 0.107. The molecule has 0 aliphatic carbocycles. The second kappa shape index (κ2) is 7.44. The average Bonchev–Trinajstić information content (AvgIpc) is 2.17. The molecule has 92 valence electrons. The number of nitrogens with one attached hydrogen (secondary N) is 1. The Balaban J connectivity index is 4.04. The normalized spacial score (nSPS) is 14.5. The van der Waals surface area contributed by atoms with Crippen LogP contribution in [0.3, 0.4) is 0 Å². The van der Waals surface area contributed by atoms with E-state index < -0.39 is 16.1 Å². The van der Waals surface area contributed by atoms with Crippen molar-refractivity contribution in [3.05, 3.63) is 0 Å². The van der Waals surface area contributed by atoms with Gasteiger partial charge in [0.2, 0.25) is 10.0 Å². The zero-order valence-corrected chi connectivity index (χ0v) is 10.8. The van der Waals surface area contributed by atoms with Gasteiger partial charge in [0.05, 0.1) is 11.9 Å². The number of rotatable bonds is 8. The molecule has 0 aromatic rings. The van der Waals surface area contributed by atoms with Gasteiger partial charge in [-0.1, -0.05) is 26.7 Å². The predicted octanol–water partition coefficient (Wildman–Crippen LogP) is 0.942. The van der Waals surface area contributed by atoms with E-state index in [9.17, 15) is 13.5 Å². The molecule has 0 saturated heterocycles. The van der Waals surface area contributed by atoms with Crippen molar-refractivity contribution in [3.8, 4) is 0 Å². The zero-order valence-electron chi connectivity index (χ0n) is 9.24. The number of hydrogen-bond acceptors (Lipinski definition) is 3. The van der Waals surface area contributed by atoms with Crippen molar-refractivity contribution in [2.45, 2.75) is 32.8 Å². The molecule has 1 atom stereocenters. The molecule has 15 heavy (non-hydrogen) atoms. The van der Waals surface area contributed by atoms with Crippen LogP contribution in [0.15, 0.2) is 0 Å². The van der Waals surface area contributed by atoms with Gasteiger partial charge < -0.3 is 5.11 Å². The molecule has 0 spiro atoms. The highest BCUT2D eigenvalue weighted by Gasteiger charge is 2.18. The fourth-order valence-corrected chi connectivity index (χ4v) is 2.77. The van der Waals surface area contributed by atoms with Crippen LogP contribution in [-0.2, 0) is 10.0 Å². The molecule has 1 unspecified atom stereocenters. The van der Waals surface area contributed by atoms with Crippen molar-refractivity contribution in [1.29, 1.82) is 0 Å². The standard InChI is InChI=1S/C9H20ClNO3S/c1-3-8(4-2)9(12)7-11-15(13,14)6-5-10/h8-9,11-12H,3-7H2,1-2H3. The van der Waals surface area contributed by atoms with Crippen molar-refractivity contribution in [1.82, 2.24) is 4.72 Å². The molecular weight excluding hydrogens is 238 g/mol. The van der Waals surface area contributed by atoms with Crippen LogP contribution in [0.5, 0.6) is 0 Å². The van der Waals surface area contributed by atoms with Crippen molar-refractivity contribution in [2.75, 3.05) is 18.2 Å². The molecule has 0 aliphatic heterocycles. The van der Waals surface area contributed by atoms with E-state index in [4.69, 9.17) is 11.6 Å². The predicted molar refractivity (Wildman–Crippen MR) is 62.6 cm³/mol. The number of aliphatic hydroxyl groups is 1. The van der Waals surface area contributed by atoms with Crippen molar-refractivity contribution in [2.24, 2.45) is 5.92 Å². The van der Waals surface area contributed by atoms with Gasteiger partial charge in [-0.15, -0.1) is 11.6 Å². The number of aliphatic hydroxyl groups excluding tert-OH is 1. The van der Waals surface area contributed by atoms with Gasteiger partial charge in [0, 0.05) is 12.4 Å². The van der Waals surface area contributed by atoms with Crippen LogP contribution < -0.4 is 4.72 Å². The lowest BCUT2D eigenvalue weighted by Crippen LogP contribution is -2.37. The minimum Gasteiger partial charge on any atom is -0.391 e. The molecule has 0 rings (SSSR count). The van der Waals surface area contributed by atoms with E-state index in [1.807, 2.05) is 13.8 Å². The van der Waals surface area contributed by atoms with Crippen LogP contribution in [0.25, 0.3) is 0 Å². The molecule has 0 radical (unpaired) electrons. The first-order chi connectivity index (χ1) is 6.96. The molecule has 4 nitrogen and oxygen atoms in total. The number of alkyl halides is 1. The molecule has 0 heterocycles. The van der Waals surface area contributed by atoms with Crippen molar-refractivity contribution in [3.63, 3.8) is 0 Å². The van der Waals surface area contributed by atoms with Gasteiger partial charge in [0.1, 0.15) is 0 Å². The second-order valence-electron chi connectivity index (χ2n) is 3.50. The van der Waals surface area contributed by atoms with E-state index in [1.165, 1.54) is 0 Å². The summed E-state index contributed by atoms with van der Waals surface area (Å²) < 4.78 is 24.8. The van der Waals surface area contributed by atoms with E-state index in [-0.39, 0.29) is 24.1 Å². The van der Waals surface area contributed by atoms with E-state index >= 15 is 0 Å². The minimum absolute atomic E-state index is 0.0659. The largest absolute Gasteiger partial charge is 0.391 e. The highest BCUT2D eigenvalue weighted by molar-refractivity contribution is 7.89. The smallest absolute Gasteiger partial charge is 0.212 e. The first-order valence-corrected chi connectivity index (χ1v) is 7.36. The monoisotopic (exact) mass is 257 g/mol. The van der Waals surface area contributed by atoms with Crippen LogP contribution in [-0.4, -0.2) is 37.8 Å². The molecule has 0 saturated carbocycles. The Morgan fingerprint density at radius 1 is 1.33 bits per heavy atom. The number of halogens is 1. The van der Waals surface area contributed by atoms with Gasteiger partial charge in [-0.3, -0.25) is 0 Å². The van der Waals surface area contributed by atoms with Crippen LogP contribution in [0, 0.1) is 5.92 Å². The summed E-state index contributed by atoms with van der Waals surface area (Å²) in [7, 11) is -3.32. The van der Waals surface area contributed by atoms with Crippen LogP contribution >= 0.6 is 11.6 Å². The van der Waals surface area contributed by atoms with Gasteiger partial charge in [0.25, 0.3) is 0 Å². The van der Waals surface area contributed by atoms with Gasteiger partial charge in [-0.25, -0.2) is 13.1 Å². The zero-order chi connectivity index (χ0) is 11.9. The molecular formula is C9H20ClNO3S. The van der Waals surface area contributed by atoms with Gasteiger partial charge in [-0.2, -0.15) is 0 Å². The lowest BCUT2D eigenvalue weighted by Gasteiger charge is -2.20. The Morgan fingerprint density at radius 3 is 2.27 bits per heavy atom. The van der Waals surface area contributed by atoms with Crippen molar-refractivity contribution >= 4 is 21.6 Å². The van der Waals surface area contributed by atoms with E-state index in [2.05, 4.69) is 4.72 Å². The summed E-state index contributed by atoms with van der Waals surface area (Å²) in [6, 6.07) is 0. The molecule has 0 aromatic carbocycles. The van der Waals surface area contributed by atoms with E-state index in [1.54, 1.807) is 0 Å². The third kappa shape index (κ3) is 6.35. The summed E-state index contributed by atoms with van der Waals surface area (Å²) in [4.78, 5) is 0. The Labute approximate surface area is 97.1 Å². The molecule has 0 aromatic heterocycles. The van der Waals surface area contributed by atoms with Gasteiger partial charge >= 0.3 is 0 Å². The first kappa shape index (κ1) is 15.2. The minimum atomic E-state index is -3.32. The highest BCUT2D eigenvalue weighted by Crippen LogP contribution is 2.12.